The van der Waals surface area contributed by atoms with Crippen molar-refractivity contribution < 1.29 is 20.4 Å². The quantitative estimate of drug-likeness (QED) is 0.0620. The number of rotatable bonds is 4. The molecule has 0 radical (unpaired) electrons. The van der Waals surface area contributed by atoms with Crippen LogP contribution in [-0.2, 0) is 0 Å². The Morgan fingerprint density at radius 3 is 1.20 bits per heavy atom. The van der Waals surface area contributed by atoms with E-state index >= 15 is 0 Å². The first-order valence-corrected chi connectivity index (χ1v) is 17.9. The molecule has 7 heteroatoms. The van der Waals surface area contributed by atoms with Crippen molar-refractivity contribution in [2.75, 3.05) is 0 Å². The van der Waals surface area contributed by atoms with Gasteiger partial charge in [0.15, 0.2) is 40.5 Å². The fourth-order valence-corrected chi connectivity index (χ4v) is 8.07. The van der Waals surface area contributed by atoms with E-state index in [0.29, 0.717) is 33.8 Å². The van der Waals surface area contributed by atoms with Gasteiger partial charge in [-0.15, -0.1) is 0 Å². The van der Waals surface area contributed by atoms with Gasteiger partial charge in [-0.1, -0.05) is 140 Å². The second-order valence-electron chi connectivity index (χ2n) is 13.8. The Labute approximate surface area is 314 Å². The van der Waals surface area contributed by atoms with Gasteiger partial charge in [0, 0.05) is 27.8 Å². The summed E-state index contributed by atoms with van der Waals surface area (Å²) in [5.41, 5.74) is 2.74. The van der Waals surface area contributed by atoms with Gasteiger partial charge in [-0.25, -0.2) is 15.0 Å². The number of fused-ring (bicyclic) bond motifs is 8. The normalized spacial score (nSPS) is 11.7. The van der Waals surface area contributed by atoms with Gasteiger partial charge in [-0.3, -0.25) is 0 Å². The van der Waals surface area contributed by atoms with Crippen molar-refractivity contribution in [3.8, 4) is 68.3 Å². The Morgan fingerprint density at radius 1 is 0.309 bits per heavy atom. The minimum Gasteiger partial charge on any atom is -0.504 e. The number of hydrogen-bond acceptors (Lipinski definition) is 7. The second-order valence-corrected chi connectivity index (χ2v) is 13.8. The van der Waals surface area contributed by atoms with Crippen molar-refractivity contribution in [3.05, 3.63) is 151 Å². The topological polar surface area (TPSA) is 120 Å². The van der Waals surface area contributed by atoms with Gasteiger partial charge in [0.2, 0.25) is 0 Å². The summed E-state index contributed by atoms with van der Waals surface area (Å²) in [6.07, 6.45) is 0. The highest BCUT2D eigenvalue weighted by Crippen LogP contribution is 2.55. The SMILES string of the molecule is Cc1c(O)c(O)c(-c2c3ccccc3c(-c3nc(-c4ccccc4)nc(-c4ccc5c6ccccc6c6ccccc6c5c4)n3)c3ccccc23)c(O)c1O. The lowest BCUT2D eigenvalue weighted by molar-refractivity contribution is 0.371. The summed E-state index contributed by atoms with van der Waals surface area (Å²) in [6, 6.07) is 48.3. The summed E-state index contributed by atoms with van der Waals surface area (Å²) < 4.78 is 0. The number of aromatic nitrogens is 3. The zero-order chi connectivity index (χ0) is 37.4. The van der Waals surface area contributed by atoms with E-state index in [1.165, 1.54) is 23.1 Å². The molecule has 262 valence electrons. The predicted octanol–water partition coefficient (Wildman–Crippen LogP) is 11.4. The van der Waals surface area contributed by atoms with Crippen molar-refractivity contribution in [3.63, 3.8) is 0 Å². The minimum absolute atomic E-state index is 0.0231. The van der Waals surface area contributed by atoms with E-state index in [4.69, 9.17) is 15.0 Å². The molecule has 4 N–H and O–H groups in total. The molecular weight excluding hydrogens is 683 g/mol. The molecule has 0 aliphatic heterocycles. The van der Waals surface area contributed by atoms with Gasteiger partial charge in [-0.05, 0) is 66.9 Å². The summed E-state index contributed by atoms with van der Waals surface area (Å²) in [6.45, 7) is 1.43. The fourth-order valence-electron chi connectivity index (χ4n) is 8.07. The van der Waals surface area contributed by atoms with Crippen molar-refractivity contribution >= 4 is 53.9 Å². The van der Waals surface area contributed by atoms with Crippen molar-refractivity contribution in [2.45, 2.75) is 6.92 Å². The van der Waals surface area contributed by atoms with Gasteiger partial charge in [0.05, 0.1) is 5.56 Å². The van der Waals surface area contributed by atoms with E-state index in [0.717, 1.165) is 43.6 Å². The van der Waals surface area contributed by atoms with E-state index < -0.39 is 23.0 Å². The van der Waals surface area contributed by atoms with Crippen LogP contribution in [0.25, 0.3) is 99.2 Å². The smallest absolute Gasteiger partial charge is 0.169 e. The highest BCUT2D eigenvalue weighted by Gasteiger charge is 2.27. The minimum atomic E-state index is -0.527. The summed E-state index contributed by atoms with van der Waals surface area (Å²) in [4.78, 5) is 15.4. The molecular formula is C48H31N3O4. The molecule has 9 aromatic carbocycles. The van der Waals surface area contributed by atoms with Crippen LogP contribution < -0.4 is 0 Å². The molecule has 7 nitrogen and oxygen atoms in total. The first-order valence-electron chi connectivity index (χ1n) is 17.9. The Hall–Kier alpha value is -7.51. The maximum atomic E-state index is 11.3. The monoisotopic (exact) mass is 713 g/mol. The number of benzene rings is 9. The molecule has 0 bridgehead atoms. The Morgan fingerprint density at radius 2 is 0.691 bits per heavy atom. The number of nitrogens with zero attached hydrogens (tertiary/aromatic N) is 3. The number of aromatic hydroxyl groups is 4. The highest BCUT2D eigenvalue weighted by molar-refractivity contribution is 6.26. The van der Waals surface area contributed by atoms with Crippen LogP contribution in [0.1, 0.15) is 5.56 Å². The lowest BCUT2D eigenvalue weighted by Crippen LogP contribution is -2.02. The van der Waals surface area contributed by atoms with Gasteiger partial charge in [0.1, 0.15) is 0 Å². The molecule has 55 heavy (non-hydrogen) atoms. The zero-order valence-corrected chi connectivity index (χ0v) is 29.5. The van der Waals surface area contributed by atoms with Crippen LogP contribution in [0.2, 0.25) is 0 Å². The maximum Gasteiger partial charge on any atom is 0.169 e. The van der Waals surface area contributed by atoms with Crippen LogP contribution in [0.5, 0.6) is 23.0 Å². The van der Waals surface area contributed by atoms with E-state index in [2.05, 4.69) is 66.7 Å². The van der Waals surface area contributed by atoms with E-state index in [1.807, 2.05) is 78.9 Å². The average molecular weight is 714 g/mol. The molecule has 0 saturated heterocycles. The van der Waals surface area contributed by atoms with Crippen LogP contribution in [0.4, 0.5) is 0 Å². The van der Waals surface area contributed by atoms with Crippen molar-refractivity contribution in [2.24, 2.45) is 0 Å². The molecule has 0 aliphatic carbocycles. The molecule has 1 aromatic heterocycles. The molecule has 10 rings (SSSR count). The lowest BCUT2D eigenvalue weighted by atomic mass is 9.86. The maximum absolute atomic E-state index is 11.3. The third kappa shape index (κ3) is 4.87. The first kappa shape index (κ1) is 32.2. The van der Waals surface area contributed by atoms with Gasteiger partial charge < -0.3 is 20.4 Å². The van der Waals surface area contributed by atoms with E-state index in [9.17, 15) is 20.4 Å². The molecule has 0 atom stereocenters. The van der Waals surface area contributed by atoms with Gasteiger partial charge >= 0.3 is 0 Å². The summed E-state index contributed by atoms with van der Waals surface area (Å²) >= 11 is 0. The standard InChI is InChI=1S/C48H31N3O4/c1-26-42(52)44(54)41(45(55)43(26)53)39-34-19-9-11-21-36(34)40(37-22-12-10-20-35(37)39)48-50-46(27-13-3-2-4-14-27)49-47(51-48)28-23-24-33-31-17-6-5-15-29(31)30-16-7-8-18-32(30)38(33)25-28/h2-25,52-55H,1H3. The molecule has 1 heterocycles. The van der Waals surface area contributed by atoms with Gasteiger partial charge in [-0.2, -0.15) is 0 Å². The predicted molar refractivity (Wildman–Crippen MR) is 220 cm³/mol. The van der Waals surface area contributed by atoms with Crippen LogP contribution in [-0.4, -0.2) is 35.4 Å². The molecule has 10 aromatic rings. The zero-order valence-electron chi connectivity index (χ0n) is 29.5. The highest BCUT2D eigenvalue weighted by atomic mass is 16.3. The van der Waals surface area contributed by atoms with Gasteiger partial charge in [0.25, 0.3) is 0 Å². The van der Waals surface area contributed by atoms with E-state index in [1.54, 1.807) is 0 Å². The first-order chi connectivity index (χ1) is 26.9. The third-order valence-electron chi connectivity index (χ3n) is 10.7. The number of phenolic OH excluding ortho intramolecular Hbond substituents is 4. The van der Waals surface area contributed by atoms with Crippen LogP contribution in [0, 0.1) is 6.92 Å². The number of hydrogen-bond donors (Lipinski definition) is 4. The van der Waals surface area contributed by atoms with Crippen molar-refractivity contribution in [1.82, 2.24) is 15.0 Å². The Kier molecular flexibility index (Phi) is 7.18. The largest absolute Gasteiger partial charge is 0.504 e. The number of phenols is 4. The molecule has 0 amide bonds. The van der Waals surface area contributed by atoms with Crippen molar-refractivity contribution in [1.29, 1.82) is 0 Å². The lowest BCUT2D eigenvalue weighted by Gasteiger charge is -2.20. The molecule has 0 aliphatic rings. The molecule has 0 spiro atoms. The molecule has 0 fully saturated rings. The van der Waals surface area contributed by atoms with Crippen LogP contribution >= 0.6 is 0 Å². The van der Waals surface area contributed by atoms with Crippen LogP contribution in [0.15, 0.2) is 146 Å². The van der Waals surface area contributed by atoms with E-state index in [-0.39, 0.29) is 11.1 Å². The Bertz CT molecular complexity index is 3090. The average Bonchev–Trinajstić information content (AvgIpc) is 3.25. The summed E-state index contributed by atoms with van der Waals surface area (Å²) in [5, 5.41) is 54.0. The molecule has 0 unspecified atom stereocenters. The Balaban J connectivity index is 1.29. The summed E-state index contributed by atoms with van der Waals surface area (Å²) in [5.74, 6) is -0.618. The second kappa shape index (κ2) is 12.3. The van der Waals surface area contributed by atoms with Crippen LogP contribution in [0.3, 0.4) is 0 Å². The molecule has 0 saturated carbocycles. The summed E-state index contributed by atoms with van der Waals surface area (Å²) in [7, 11) is 0. The fraction of sp³-hybridized carbons (Fsp3) is 0.0208. The third-order valence-corrected chi connectivity index (χ3v) is 10.7.